The fourth-order valence-electron chi connectivity index (χ4n) is 1.80. The molecule has 0 saturated heterocycles. The van der Waals surface area contributed by atoms with E-state index in [9.17, 15) is 0 Å². The van der Waals surface area contributed by atoms with Crippen molar-refractivity contribution < 1.29 is 0 Å². The minimum atomic E-state index is 0.966. The summed E-state index contributed by atoms with van der Waals surface area (Å²) >= 11 is 0. The Bertz CT molecular complexity index is 611. The molecule has 0 unspecified atom stereocenters. The maximum Gasteiger partial charge on any atom is 0.0629 e. The lowest BCUT2D eigenvalue weighted by molar-refractivity contribution is 1.15. The Morgan fingerprint density at radius 2 is 1.67 bits per heavy atom. The predicted molar refractivity (Wildman–Crippen MR) is 92.2 cm³/mol. The van der Waals surface area contributed by atoms with Crippen molar-refractivity contribution in [1.82, 2.24) is 0 Å². The van der Waals surface area contributed by atoms with Gasteiger partial charge >= 0.3 is 0 Å². The van der Waals surface area contributed by atoms with Crippen LogP contribution in [0.4, 0.5) is 11.4 Å². The summed E-state index contributed by atoms with van der Waals surface area (Å²) in [6.07, 6.45) is 8.88. The first-order valence-electron chi connectivity index (χ1n) is 7.15. The van der Waals surface area contributed by atoms with Crippen LogP contribution in [0.2, 0.25) is 0 Å². The van der Waals surface area contributed by atoms with E-state index in [2.05, 4.69) is 23.3 Å². The average molecular weight is 276 g/mol. The van der Waals surface area contributed by atoms with Crippen LogP contribution in [0.5, 0.6) is 0 Å². The van der Waals surface area contributed by atoms with Crippen LogP contribution in [-0.4, -0.2) is 6.21 Å². The van der Waals surface area contributed by atoms with Crippen LogP contribution in [0.1, 0.15) is 13.3 Å². The fraction of sp³-hybridized carbons (Fsp3) is 0.105. The minimum absolute atomic E-state index is 0.966. The summed E-state index contributed by atoms with van der Waals surface area (Å²) < 4.78 is 0. The van der Waals surface area contributed by atoms with Crippen molar-refractivity contribution in [1.29, 1.82) is 0 Å². The molecule has 21 heavy (non-hydrogen) atoms. The number of hydrogen-bond donors (Lipinski definition) is 1. The zero-order chi connectivity index (χ0) is 14.8. The number of benzene rings is 2. The molecule has 0 bridgehead atoms. The van der Waals surface area contributed by atoms with Crippen molar-refractivity contribution in [2.24, 2.45) is 4.99 Å². The molecule has 106 valence electrons. The molecular formula is C19H20N2. The van der Waals surface area contributed by atoms with Gasteiger partial charge < -0.3 is 5.32 Å². The summed E-state index contributed by atoms with van der Waals surface area (Å²) in [4.78, 5) is 4.40. The molecule has 0 radical (unpaired) electrons. The van der Waals surface area contributed by atoms with Crippen LogP contribution < -0.4 is 5.32 Å². The molecule has 2 aromatic carbocycles. The van der Waals surface area contributed by atoms with Gasteiger partial charge in [-0.1, -0.05) is 43.3 Å². The molecule has 2 heteroatoms. The third kappa shape index (κ3) is 5.49. The second kappa shape index (κ2) is 8.54. The number of nitrogens with one attached hydrogen (secondary N) is 1. The monoisotopic (exact) mass is 276 g/mol. The molecule has 0 fully saturated rings. The van der Waals surface area contributed by atoms with E-state index in [1.807, 2.05) is 79.2 Å². The van der Waals surface area contributed by atoms with Crippen molar-refractivity contribution >= 4 is 17.6 Å². The zero-order valence-corrected chi connectivity index (χ0v) is 12.2. The summed E-state index contributed by atoms with van der Waals surface area (Å²) in [7, 11) is 0. The van der Waals surface area contributed by atoms with Crippen molar-refractivity contribution in [3.05, 3.63) is 84.6 Å². The second-order valence-electron chi connectivity index (χ2n) is 4.55. The standard InChI is InChI=1S/C19H20N2/c1-2-17(13-15-20-18-9-5-3-6-10-18)14-16-21-19-11-7-4-8-12-19/h3-16,20H,2H2,1H3/b15-13+,17-14+,21-16?. The molecule has 2 nitrogen and oxygen atoms in total. The van der Waals surface area contributed by atoms with E-state index in [-0.39, 0.29) is 0 Å². The maximum atomic E-state index is 4.40. The Balaban J connectivity index is 1.93. The van der Waals surface area contributed by atoms with Gasteiger partial charge in [-0.3, -0.25) is 4.99 Å². The lowest BCUT2D eigenvalue weighted by Crippen LogP contribution is -1.87. The van der Waals surface area contributed by atoms with Gasteiger partial charge in [-0.05, 0) is 48.4 Å². The molecular weight excluding hydrogens is 256 g/mol. The third-order valence-electron chi connectivity index (χ3n) is 3.00. The topological polar surface area (TPSA) is 24.4 Å². The van der Waals surface area contributed by atoms with Crippen molar-refractivity contribution in [2.45, 2.75) is 13.3 Å². The molecule has 0 aliphatic carbocycles. The summed E-state index contributed by atoms with van der Waals surface area (Å²) in [6.45, 7) is 2.13. The summed E-state index contributed by atoms with van der Waals surface area (Å²) in [5.74, 6) is 0. The van der Waals surface area contributed by atoms with Gasteiger partial charge in [0.1, 0.15) is 0 Å². The SMILES string of the molecule is CCC(/C=C/Nc1ccccc1)=C\C=Nc1ccccc1. The van der Waals surface area contributed by atoms with Gasteiger partial charge in [0.2, 0.25) is 0 Å². The Morgan fingerprint density at radius 3 is 2.33 bits per heavy atom. The maximum absolute atomic E-state index is 4.40. The van der Waals surface area contributed by atoms with E-state index in [1.165, 1.54) is 5.57 Å². The van der Waals surface area contributed by atoms with Crippen LogP contribution in [-0.2, 0) is 0 Å². The highest BCUT2D eigenvalue weighted by Gasteiger charge is 1.88. The average Bonchev–Trinajstić information content (AvgIpc) is 2.55. The number of para-hydroxylation sites is 2. The number of allylic oxidation sites excluding steroid dienone is 3. The van der Waals surface area contributed by atoms with Crippen LogP contribution in [0.15, 0.2) is 89.6 Å². The molecule has 2 rings (SSSR count). The fourth-order valence-corrected chi connectivity index (χ4v) is 1.80. The number of aliphatic imine (C=N–C) groups is 1. The van der Waals surface area contributed by atoms with Gasteiger partial charge in [-0.2, -0.15) is 0 Å². The number of anilines is 1. The molecule has 0 saturated carbocycles. The summed E-state index contributed by atoms with van der Waals surface area (Å²) in [6, 6.07) is 20.1. The molecule has 0 aliphatic rings. The summed E-state index contributed by atoms with van der Waals surface area (Å²) in [5, 5.41) is 3.25. The van der Waals surface area contributed by atoms with Gasteiger partial charge in [0, 0.05) is 18.1 Å². The smallest absolute Gasteiger partial charge is 0.0629 e. The molecule has 0 aliphatic heterocycles. The largest absolute Gasteiger partial charge is 0.362 e. The van der Waals surface area contributed by atoms with Crippen molar-refractivity contribution in [3.63, 3.8) is 0 Å². The van der Waals surface area contributed by atoms with Gasteiger partial charge in [-0.15, -0.1) is 0 Å². The van der Waals surface area contributed by atoms with E-state index in [0.29, 0.717) is 0 Å². The predicted octanol–water partition coefficient (Wildman–Crippen LogP) is 5.35. The van der Waals surface area contributed by atoms with E-state index >= 15 is 0 Å². The molecule has 0 heterocycles. The molecule has 0 atom stereocenters. The highest BCUT2D eigenvalue weighted by molar-refractivity contribution is 5.76. The molecule has 1 N–H and O–H groups in total. The highest BCUT2D eigenvalue weighted by atomic mass is 14.8. The van der Waals surface area contributed by atoms with Crippen LogP contribution in [0.25, 0.3) is 0 Å². The summed E-state index contributed by atoms with van der Waals surface area (Å²) in [5.41, 5.74) is 3.27. The molecule has 0 aromatic heterocycles. The lowest BCUT2D eigenvalue weighted by atomic mass is 10.2. The van der Waals surface area contributed by atoms with Gasteiger partial charge in [-0.25, -0.2) is 0 Å². The number of rotatable bonds is 6. The van der Waals surface area contributed by atoms with Crippen LogP contribution >= 0.6 is 0 Å². The molecule has 0 spiro atoms. The first kappa shape index (κ1) is 14.8. The van der Waals surface area contributed by atoms with E-state index in [1.54, 1.807) is 0 Å². The highest BCUT2D eigenvalue weighted by Crippen LogP contribution is 2.10. The number of nitrogens with zero attached hydrogens (tertiary/aromatic N) is 1. The Morgan fingerprint density at radius 1 is 1.00 bits per heavy atom. The van der Waals surface area contributed by atoms with E-state index in [0.717, 1.165) is 17.8 Å². The zero-order valence-electron chi connectivity index (χ0n) is 12.2. The van der Waals surface area contributed by atoms with E-state index in [4.69, 9.17) is 0 Å². The van der Waals surface area contributed by atoms with Crippen molar-refractivity contribution in [3.8, 4) is 0 Å². The Hall–Kier alpha value is -2.61. The Kier molecular flexibility index (Phi) is 6.01. The molecule has 2 aromatic rings. The van der Waals surface area contributed by atoms with E-state index < -0.39 is 0 Å². The lowest BCUT2D eigenvalue weighted by Gasteiger charge is -2.00. The van der Waals surface area contributed by atoms with Crippen molar-refractivity contribution in [2.75, 3.05) is 5.32 Å². The normalized spacial score (nSPS) is 12.1. The van der Waals surface area contributed by atoms with Gasteiger partial charge in [0.25, 0.3) is 0 Å². The molecule has 0 amide bonds. The second-order valence-corrected chi connectivity index (χ2v) is 4.55. The quantitative estimate of drug-likeness (QED) is 0.558. The Labute approximate surface area is 126 Å². The minimum Gasteiger partial charge on any atom is -0.362 e. The van der Waals surface area contributed by atoms with Crippen LogP contribution in [0, 0.1) is 0 Å². The first-order valence-corrected chi connectivity index (χ1v) is 7.15. The van der Waals surface area contributed by atoms with Gasteiger partial charge in [0.15, 0.2) is 0 Å². The van der Waals surface area contributed by atoms with Gasteiger partial charge in [0.05, 0.1) is 5.69 Å². The van der Waals surface area contributed by atoms with Crippen LogP contribution in [0.3, 0.4) is 0 Å². The third-order valence-corrected chi connectivity index (χ3v) is 3.00. The first-order chi connectivity index (χ1) is 10.4. The number of hydrogen-bond acceptors (Lipinski definition) is 2.